The van der Waals surface area contributed by atoms with Crippen LogP contribution in [0.4, 0.5) is 22.0 Å². The Morgan fingerprint density at radius 3 is 0.879 bits per heavy atom. The van der Waals surface area contributed by atoms with E-state index in [-0.39, 0.29) is 39.9 Å². The van der Waals surface area contributed by atoms with E-state index in [4.69, 9.17) is 6.85 Å². The summed E-state index contributed by atoms with van der Waals surface area (Å²) in [6.07, 6.45) is 19.2. The first kappa shape index (κ1) is 93.5. The first-order valence-electron chi connectivity index (χ1n) is 54.8. The minimum absolute atomic E-state index is 0.0125. The molecular formula is C131H153F5N5+5. The summed E-state index contributed by atoms with van der Waals surface area (Å²) in [5.74, 6) is 5.05. The maximum absolute atomic E-state index is 16.1. The molecule has 0 spiro atoms. The summed E-state index contributed by atoms with van der Waals surface area (Å²) in [4.78, 5) is 0. The van der Waals surface area contributed by atoms with Crippen molar-refractivity contribution in [2.24, 2.45) is 82.1 Å². The second-order valence-electron chi connectivity index (χ2n) is 46.6. The molecule has 10 heteroatoms. The molecule has 9 aliphatic rings. The summed E-state index contributed by atoms with van der Waals surface area (Å²) in [7, 11) is 9.95. The third-order valence-electron chi connectivity index (χ3n) is 35.2. The average Bonchev–Trinajstić information content (AvgIpc) is 0.797. The fourth-order valence-corrected chi connectivity index (χ4v) is 27.2. The van der Waals surface area contributed by atoms with E-state index in [1.54, 1.807) is 43.3 Å². The lowest BCUT2D eigenvalue weighted by molar-refractivity contribution is -0.665. The molecule has 0 amide bonds. The van der Waals surface area contributed by atoms with Crippen LogP contribution in [0.3, 0.4) is 0 Å². The smallest absolute Gasteiger partial charge is 0.207 e. The molecule has 0 N–H and O–H groups in total. The van der Waals surface area contributed by atoms with Gasteiger partial charge in [-0.1, -0.05) is 98.2 Å². The molecule has 9 aliphatic carbocycles. The molecule has 0 aliphatic heterocycles. The highest BCUT2D eigenvalue weighted by atomic mass is 19.1. The highest BCUT2D eigenvalue weighted by Gasteiger charge is 2.53. The molecule has 4 unspecified atom stereocenters. The van der Waals surface area contributed by atoms with Crippen molar-refractivity contribution in [1.82, 2.24) is 0 Å². The molecule has 5 nitrogen and oxygen atoms in total. The quantitative estimate of drug-likeness (QED) is 0.101. The van der Waals surface area contributed by atoms with Crippen molar-refractivity contribution in [3.63, 3.8) is 0 Å². The Balaban J connectivity index is 0.000000120. The molecule has 15 aromatic rings. The lowest BCUT2D eigenvalue weighted by Gasteiger charge is -2.57. The standard InChI is InChI=1S/C30H35FN.C28H33FN.C27H31FN.C25H31FN.C21H23FN/c1-17-6-18(2)20(4)25(7-17)29-26-13-28(31)27(12-24(26)8-19(3)32(29)5)30-14-21-9-22(15-30)11-23(10-21)16-30;1-16-10-17(2)19(4)23(11-16)28-25-15-27(29)26(14-22(25)12-18(3)30(28)5)24-13-20-6-8-21(24)9-7-20;1-15-8-16(2)18(4)22(9-15)27-24-14-26(28)25(13-21(24)10-17(3)29(27)5)23-12-19-6-7-20(23)11-19;1-15-9-16(2)18(4)21(10-15)24-22-13-23(26)20(14-25(5,6)7)12-19(22)11-17(3)27(24)8;1-12-7-13(2)16(5)18(8-12)21-19-11-20(22)14(3)9-17(19)10-15(4)23(21)6/h6-8,12-13,21-23H,9-11,14-16H2,1-5H3;10-12,14-15,20-21,24H,6-9,13H2,1-5H3;8-10,13-14,19-20,23H,6-7,11-12H2,1-5H3;9-13H,14H2,1-8H3;7-11H,1-6H3/q5*+1/i8D;12D;10D;11D;10D. The Labute approximate surface area is 845 Å². The summed E-state index contributed by atoms with van der Waals surface area (Å²) in [6.45, 7) is 49.8. The van der Waals surface area contributed by atoms with E-state index in [0.29, 0.717) is 71.4 Å². The van der Waals surface area contributed by atoms with Crippen molar-refractivity contribution in [3.8, 4) is 56.3 Å². The number of hydrogen-bond donors (Lipinski definition) is 0. The molecule has 10 aromatic carbocycles. The van der Waals surface area contributed by atoms with Crippen molar-refractivity contribution >= 4 is 53.9 Å². The number of aryl methyl sites for hydroxylation is 11. The van der Waals surface area contributed by atoms with Gasteiger partial charge in [-0.2, -0.15) is 22.8 Å². The molecule has 0 radical (unpaired) electrons. The van der Waals surface area contributed by atoms with Gasteiger partial charge in [-0.25, -0.2) is 22.0 Å². The molecule has 9 fully saturated rings. The average molecular weight is 1900 g/mol. The first-order chi connectivity index (χ1) is 68.8. The van der Waals surface area contributed by atoms with Gasteiger partial charge in [-0.15, -0.1) is 0 Å². The van der Waals surface area contributed by atoms with Crippen LogP contribution in [0.15, 0.2) is 152 Å². The van der Waals surface area contributed by atoms with Gasteiger partial charge in [-0.3, -0.25) is 0 Å². The minimum Gasteiger partial charge on any atom is -0.207 e. The van der Waals surface area contributed by atoms with Gasteiger partial charge in [0.1, 0.15) is 64.3 Å². The Hall–Kier alpha value is -11.1. The molecule has 8 bridgehead atoms. The fourth-order valence-electron chi connectivity index (χ4n) is 27.2. The Kier molecular flexibility index (Phi) is 25.6. The summed E-state index contributed by atoms with van der Waals surface area (Å²) in [5, 5.41) is 8.49. The van der Waals surface area contributed by atoms with Gasteiger partial charge in [0.25, 0.3) is 0 Å². The van der Waals surface area contributed by atoms with Crippen LogP contribution in [-0.2, 0) is 47.1 Å². The second kappa shape index (κ2) is 38.5. The van der Waals surface area contributed by atoms with E-state index in [1.165, 1.54) is 148 Å². The largest absolute Gasteiger partial charge is 0.220 e. The van der Waals surface area contributed by atoms with Gasteiger partial charge >= 0.3 is 0 Å². The highest BCUT2D eigenvalue weighted by Crippen LogP contribution is 2.62. The Morgan fingerprint density at radius 1 is 0.284 bits per heavy atom. The van der Waals surface area contributed by atoms with Gasteiger partial charge < -0.3 is 0 Å². The zero-order valence-electron chi connectivity index (χ0n) is 94.7. The van der Waals surface area contributed by atoms with Crippen LogP contribution >= 0.6 is 0 Å². The molecule has 4 atom stereocenters. The summed E-state index contributed by atoms with van der Waals surface area (Å²) < 4.78 is 131. The van der Waals surface area contributed by atoms with E-state index in [1.807, 2.05) is 97.2 Å². The first-order valence-corrected chi connectivity index (χ1v) is 52.3. The van der Waals surface area contributed by atoms with Crippen molar-refractivity contribution in [2.75, 3.05) is 0 Å². The summed E-state index contributed by atoms with van der Waals surface area (Å²) in [5.41, 5.74) is 37.2. The normalized spacial score (nSPS) is 20.9. The predicted molar refractivity (Wildman–Crippen MR) is 576 cm³/mol. The lowest BCUT2D eigenvalue weighted by atomic mass is 9.48. The van der Waals surface area contributed by atoms with Gasteiger partial charge in [0.2, 0.25) is 28.5 Å². The van der Waals surface area contributed by atoms with Crippen LogP contribution in [0.2, 0.25) is 0 Å². The molecule has 141 heavy (non-hydrogen) atoms. The Morgan fingerprint density at radius 2 is 0.567 bits per heavy atom. The van der Waals surface area contributed by atoms with Crippen LogP contribution < -0.4 is 22.8 Å². The van der Waals surface area contributed by atoms with Gasteiger partial charge in [0.15, 0.2) is 28.5 Å². The molecular weight excluding hydrogens is 1740 g/mol. The van der Waals surface area contributed by atoms with E-state index >= 15 is 17.6 Å². The van der Waals surface area contributed by atoms with Crippen LogP contribution in [0.1, 0.15) is 276 Å². The third kappa shape index (κ3) is 19.1. The molecule has 9 saturated carbocycles. The van der Waals surface area contributed by atoms with E-state index < -0.39 is 0 Å². The lowest BCUT2D eigenvalue weighted by Crippen LogP contribution is -2.49. The molecule has 5 heterocycles. The van der Waals surface area contributed by atoms with Crippen LogP contribution in [0.5, 0.6) is 0 Å². The summed E-state index contributed by atoms with van der Waals surface area (Å²) in [6, 6.07) is 42.6. The van der Waals surface area contributed by atoms with Crippen molar-refractivity contribution in [1.29, 1.82) is 0 Å². The van der Waals surface area contributed by atoms with Crippen LogP contribution in [-0.4, -0.2) is 0 Å². The highest BCUT2D eigenvalue weighted by molar-refractivity contribution is 5.99. The number of benzene rings is 10. The third-order valence-corrected chi connectivity index (χ3v) is 35.2. The summed E-state index contributed by atoms with van der Waals surface area (Å²) >= 11 is 0. The zero-order chi connectivity index (χ0) is 105. The predicted octanol–water partition coefficient (Wildman–Crippen LogP) is 32.1. The van der Waals surface area contributed by atoms with E-state index in [0.717, 1.165) is 217 Å². The zero-order valence-corrected chi connectivity index (χ0v) is 89.7. The van der Waals surface area contributed by atoms with Crippen molar-refractivity contribution in [2.45, 2.75) is 286 Å². The Bertz CT molecular complexity index is 7910. The number of hydrogen-bond acceptors (Lipinski definition) is 0. The fraction of sp³-hybridized carbons (Fsp3) is 0.427. The number of rotatable bonds is 9. The van der Waals surface area contributed by atoms with Crippen molar-refractivity contribution < 1.29 is 51.6 Å². The van der Waals surface area contributed by atoms with Gasteiger partial charge in [0.05, 0.1) is 61.6 Å². The van der Waals surface area contributed by atoms with Crippen LogP contribution in [0, 0.1) is 221 Å². The topological polar surface area (TPSA) is 19.4 Å². The van der Waals surface area contributed by atoms with E-state index in [9.17, 15) is 4.39 Å². The molecule has 24 rings (SSSR count). The molecule has 732 valence electrons. The monoisotopic (exact) mass is 1900 g/mol. The van der Waals surface area contributed by atoms with Gasteiger partial charge in [-0.05, 0) is 460 Å². The molecule has 0 saturated heterocycles. The number of fused-ring (bicyclic) bond motifs is 10. The SMILES string of the molecule is [2H]c1c(C)[n+](C)c(-c2cc(C)cc(C)c2C)c2cc(F)c(C)cc12.[2H]c1c(C)[n+](C)c(-c2cc(C)cc(C)c2C)c2cc(F)c(C34CC5CC(CC(C5)C3)C4)cc12.[2H]c1c(C)[n+](C)c(-c2cc(C)cc(C)c2C)c2cc(F)c(C3CC4CCC3C4)cc12.[2H]c1c(C)[n+](C)c(-c2cc(C)cc(C)c2C)c2cc(F)c(C3CC4CCC3CC4)cc12.[2H]c1c(C)[n+](C)c(-c2cc(C)cc(C)c2C)c2cc(F)c(CC(C)(C)C)cc12. The van der Waals surface area contributed by atoms with Crippen LogP contribution in [0.25, 0.3) is 110 Å². The number of halogens is 5. The maximum Gasteiger partial charge on any atom is 0.220 e. The number of nitrogens with zero attached hydrogens (tertiary/aromatic N) is 5. The second-order valence-corrected chi connectivity index (χ2v) is 46.6. The number of aromatic nitrogens is 5. The van der Waals surface area contributed by atoms with Crippen molar-refractivity contribution in [3.05, 3.63) is 320 Å². The van der Waals surface area contributed by atoms with Gasteiger partial charge in [0, 0.05) is 64.8 Å². The minimum atomic E-state index is -0.228. The number of pyridine rings is 5. The molecule has 5 aromatic heterocycles. The maximum atomic E-state index is 16.1. The van der Waals surface area contributed by atoms with E-state index in [2.05, 4.69) is 205 Å².